The molecule has 0 amide bonds. The normalized spacial score (nSPS) is 8.86. The summed E-state index contributed by atoms with van der Waals surface area (Å²) in [6, 6.07) is 1.91. The summed E-state index contributed by atoms with van der Waals surface area (Å²) in [4.78, 5) is 0.279. The highest BCUT2D eigenvalue weighted by Crippen LogP contribution is 2.17. The fraction of sp³-hybridized carbons (Fsp3) is 0.500. The van der Waals surface area contributed by atoms with Gasteiger partial charge in [0.25, 0.3) is 0 Å². The molecule has 0 unspecified atom stereocenters. The molecule has 0 spiro atoms. The summed E-state index contributed by atoms with van der Waals surface area (Å²) in [5, 5.41) is 7.93. The van der Waals surface area contributed by atoms with Crippen LogP contribution in [0.3, 0.4) is 0 Å². The zero-order valence-electron chi connectivity index (χ0n) is 3.62. The first-order valence-corrected chi connectivity index (χ1v) is 2.56. The monoisotopic (exact) mass is 136 g/mol. The van der Waals surface area contributed by atoms with Crippen LogP contribution in [-0.2, 0) is 0 Å². The zero-order valence-corrected chi connectivity index (χ0v) is 5.13. The lowest BCUT2D eigenvalue weighted by Gasteiger charge is -1.87. The molecule has 39 valence electrons. The Hall–Kier alpha value is 0.0700. The summed E-state index contributed by atoms with van der Waals surface area (Å²) in [6.45, 7) is 0. The highest BCUT2D eigenvalue weighted by atomic mass is 35.5. The smallest absolute Gasteiger partial charge is 0.152 e. The van der Waals surface area contributed by atoms with E-state index in [9.17, 15) is 0 Å². The Balaban J connectivity index is 2.86. The third-order valence-corrected chi connectivity index (χ3v) is 0.804. The van der Waals surface area contributed by atoms with Crippen molar-refractivity contribution in [3.8, 4) is 6.07 Å². The summed E-state index contributed by atoms with van der Waals surface area (Å²) in [5.74, 6) is 0. The molecule has 7 heavy (non-hydrogen) atoms. The topological polar surface area (TPSA) is 23.8 Å². The molecule has 0 aromatic rings. The number of hydrogen-bond acceptors (Lipinski definition) is 1. The van der Waals surface area contributed by atoms with Crippen LogP contribution in [0, 0.1) is 16.2 Å². The molecule has 0 saturated heterocycles. The standard InChI is InChI=1S/C4H4Cl2N/c5-4(6)2-1-3-7/h1-2H2. The average molecular weight is 137 g/mol. The van der Waals surface area contributed by atoms with Crippen LogP contribution in [-0.4, -0.2) is 0 Å². The van der Waals surface area contributed by atoms with Crippen molar-refractivity contribution in [2.45, 2.75) is 12.8 Å². The fourth-order valence-corrected chi connectivity index (χ4v) is 0.339. The van der Waals surface area contributed by atoms with Crippen LogP contribution in [0.1, 0.15) is 12.8 Å². The van der Waals surface area contributed by atoms with Gasteiger partial charge in [-0.2, -0.15) is 5.26 Å². The van der Waals surface area contributed by atoms with Crippen LogP contribution in [0.5, 0.6) is 0 Å². The van der Waals surface area contributed by atoms with Crippen molar-refractivity contribution in [1.82, 2.24) is 0 Å². The third-order valence-electron chi connectivity index (χ3n) is 0.426. The quantitative estimate of drug-likeness (QED) is 0.572. The van der Waals surface area contributed by atoms with Gasteiger partial charge < -0.3 is 0 Å². The zero-order chi connectivity index (χ0) is 5.70. The number of hydrogen-bond donors (Lipinski definition) is 0. The molecular weight excluding hydrogens is 133 g/mol. The molecule has 0 aliphatic rings. The summed E-state index contributed by atoms with van der Waals surface area (Å²) in [7, 11) is 0. The molecule has 1 radical (unpaired) electrons. The first kappa shape index (κ1) is 7.07. The first-order valence-electron chi connectivity index (χ1n) is 1.81. The molecule has 0 aromatic heterocycles. The van der Waals surface area contributed by atoms with Gasteiger partial charge in [-0.1, -0.05) is 23.2 Å². The molecule has 0 atom stereocenters. The van der Waals surface area contributed by atoms with E-state index in [1.54, 1.807) is 0 Å². The molecule has 0 aromatic carbocycles. The molecule has 0 aliphatic carbocycles. The molecule has 0 heterocycles. The van der Waals surface area contributed by atoms with Crippen molar-refractivity contribution >= 4 is 23.2 Å². The van der Waals surface area contributed by atoms with Crippen LogP contribution in [0.15, 0.2) is 0 Å². The van der Waals surface area contributed by atoms with Gasteiger partial charge in [0.15, 0.2) is 4.84 Å². The Labute approximate surface area is 52.8 Å². The Morgan fingerprint density at radius 2 is 2.14 bits per heavy atom. The lowest BCUT2D eigenvalue weighted by atomic mass is 10.4. The second-order valence-electron chi connectivity index (χ2n) is 0.997. The molecule has 0 bridgehead atoms. The Morgan fingerprint density at radius 3 is 2.29 bits per heavy atom. The number of rotatable bonds is 2. The minimum atomic E-state index is 0.279. The van der Waals surface area contributed by atoms with Gasteiger partial charge in [0.05, 0.1) is 6.07 Å². The summed E-state index contributed by atoms with van der Waals surface area (Å²) < 4.78 is 0. The number of nitriles is 1. The highest BCUT2D eigenvalue weighted by molar-refractivity contribution is 6.52. The predicted molar refractivity (Wildman–Crippen MR) is 29.8 cm³/mol. The SMILES string of the molecule is N#CCC[C](Cl)Cl. The molecule has 0 aliphatic heterocycles. The minimum Gasteiger partial charge on any atom is -0.198 e. The Kier molecular flexibility index (Phi) is 4.28. The van der Waals surface area contributed by atoms with Gasteiger partial charge in [-0.15, -0.1) is 0 Å². The Bertz CT molecular complexity index is 74.2. The van der Waals surface area contributed by atoms with Gasteiger partial charge >= 0.3 is 0 Å². The van der Waals surface area contributed by atoms with Crippen molar-refractivity contribution in [3.05, 3.63) is 4.84 Å². The minimum absolute atomic E-state index is 0.279. The second-order valence-corrected chi connectivity index (χ2v) is 2.10. The molecule has 0 N–H and O–H groups in total. The number of nitrogens with zero attached hydrogens (tertiary/aromatic N) is 1. The molecule has 3 heteroatoms. The van der Waals surface area contributed by atoms with Crippen LogP contribution in [0.2, 0.25) is 0 Å². The maximum Gasteiger partial charge on any atom is 0.152 e. The fourth-order valence-electron chi connectivity index (χ4n) is 0.150. The van der Waals surface area contributed by atoms with E-state index in [0.717, 1.165) is 0 Å². The van der Waals surface area contributed by atoms with E-state index >= 15 is 0 Å². The lowest BCUT2D eigenvalue weighted by Crippen LogP contribution is -1.72. The number of halogens is 2. The van der Waals surface area contributed by atoms with E-state index in [-0.39, 0.29) is 4.84 Å². The lowest BCUT2D eigenvalue weighted by molar-refractivity contribution is 1.02. The van der Waals surface area contributed by atoms with Crippen molar-refractivity contribution in [2.24, 2.45) is 0 Å². The maximum atomic E-state index is 7.93. The average Bonchev–Trinajstić information content (AvgIpc) is 1.61. The van der Waals surface area contributed by atoms with E-state index in [1.165, 1.54) is 0 Å². The van der Waals surface area contributed by atoms with E-state index < -0.39 is 0 Å². The van der Waals surface area contributed by atoms with Crippen molar-refractivity contribution in [1.29, 1.82) is 5.26 Å². The van der Waals surface area contributed by atoms with E-state index in [1.807, 2.05) is 6.07 Å². The molecule has 0 saturated carbocycles. The van der Waals surface area contributed by atoms with Gasteiger partial charge in [0.1, 0.15) is 0 Å². The predicted octanol–water partition coefficient (Wildman–Crippen LogP) is 2.26. The van der Waals surface area contributed by atoms with Gasteiger partial charge in [-0.25, -0.2) is 0 Å². The van der Waals surface area contributed by atoms with Crippen LogP contribution < -0.4 is 0 Å². The van der Waals surface area contributed by atoms with Gasteiger partial charge in [-0.05, 0) is 6.42 Å². The van der Waals surface area contributed by atoms with Gasteiger partial charge in [0.2, 0.25) is 0 Å². The van der Waals surface area contributed by atoms with E-state index in [0.29, 0.717) is 12.8 Å². The summed E-state index contributed by atoms with van der Waals surface area (Å²) in [5.41, 5.74) is 0. The van der Waals surface area contributed by atoms with Crippen molar-refractivity contribution in [3.63, 3.8) is 0 Å². The van der Waals surface area contributed by atoms with E-state index in [2.05, 4.69) is 0 Å². The van der Waals surface area contributed by atoms with Crippen LogP contribution in [0.4, 0.5) is 0 Å². The molecule has 0 rings (SSSR count). The van der Waals surface area contributed by atoms with E-state index in [4.69, 9.17) is 28.5 Å². The maximum absolute atomic E-state index is 7.93. The highest BCUT2D eigenvalue weighted by Gasteiger charge is 1.96. The third kappa shape index (κ3) is 6.07. The summed E-state index contributed by atoms with van der Waals surface area (Å²) in [6.07, 6.45) is 0.891. The molecule has 1 nitrogen and oxygen atoms in total. The van der Waals surface area contributed by atoms with Crippen LogP contribution in [0.25, 0.3) is 0 Å². The van der Waals surface area contributed by atoms with Crippen molar-refractivity contribution < 1.29 is 0 Å². The van der Waals surface area contributed by atoms with Gasteiger partial charge in [-0.3, -0.25) is 0 Å². The first-order chi connectivity index (χ1) is 3.27. The molecular formula is C4H4Cl2N. The largest absolute Gasteiger partial charge is 0.198 e. The molecule has 0 fully saturated rings. The Morgan fingerprint density at radius 1 is 1.57 bits per heavy atom. The second kappa shape index (κ2) is 4.23. The van der Waals surface area contributed by atoms with Crippen molar-refractivity contribution in [2.75, 3.05) is 0 Å². The van der Waals surface area contributed by atoms with Crippen LogP contribution >= 0.6 is 23.2 Å². The summed E-state index contributed by atoms with van der Waals surface area (Å²) >= 11 is 10.4. The van der Waals surface area contributed by atoms with Gasteiger partial charge in [0, 0.05) is 6.42 Å².